The Morgan fingerprint density at radius 2 is 1.80 bits per heavy atom. The van der Waals surface area contributed by atoms with Gasteiger partial charge in [-0.05, 0) is 65.9 Å². The number of allylic oxidation sites excluding steroid dienone is 3. The maximum absolute atomic E-state index is 8.33. The van der Waals surface area contributed by atoms with E-state index in [1.165, 1.54) is 6.20 Å². The topological polar surface area (TPSA) is 93.2 Å². The van der Waals surface area contributed by atoms with Crippen LogP contribution in [0.2, 0.25) is 0 Å². The van der Waals surface area contributed by atoms with E-state index in [4.69, 9.17) is 20.6 Å². The fourth-order valence-corrected chi connectivity index (χ4v) is 3.18. The number of aromatic nitrogens is 1. The van der Waals surface area contributed by atoms with Gasteiger partial charge in [0, 0.05) is 42.3 Å². The number of hydrogen-bond donors (Lipinski definition) is 3. The number of benzene rings is 2. The van der Waals surface area contributed by atoms with E-state index in [1.807, 2.05) is 85.9 Å². The Labute approximate surface area is 206 Å². The number of nitrogens with one attached hydrogen (secondary N) is 2. The molecule has 0 aliphatic rings. The fraction of sp³-hybridized carbons (Fsp3) is 0.103. The van der Waals surface area contributed by atoms with Gasteiger partial charge in [0.25, 0.3) is 0 Å². The molecule has 3 rings (SSSR count). The van der Waals surface area contributed by atoms with Crippen LogP contribution >= 0.6 is 0 Å². The molecule has 0 atom stereocenters. The number of hydrogen-bond acceptors (Lipinski definition) is 6. The lowest BCUT2D eigenvalue weighted by Crippen LogP contribution is -2.05. The molecule has 0 radical (unpaired) electrons. The van der Waals surface area contributed by atoms with Crippen molar-refractivity contribution in [3.63, 3.8) is 0 Å². The van der Waals surface area contributed by atoms with Crippen LogP contribution < -0.4 is 20.5 Å². The van der Waals surface area contributed by atoms with Crippen molar-refractivity contribution in [2.75, 3.05) is 14.2 Å². The van der Waals surface area contributed by atoms with Crippen molar-refractivity contribution in [1.29, 1.82) is 5.41 Å². The largest absolute Gasteiger partial charge is 0.496 e. The highest BCUT2D eigenvalue weighted by atomic mass is 16.5. The lowest BCUT2D eigenvalue weighted by atomic mass is 10.1. The Hall–Kier alpha value is -4.58. The van der Waals surface area contributed by atoms with E-state index in [1.54, 1.807) is 31.7 Å². The van der Waals surface area contributed by atoms with E-state index in [2.05, 4.69) is 10.3 Å². The Kier molecular flexibility index (Phi) is 9.45. The molecule has 1 heterocycles. The second-order valence-electron chi connectivity index (χ2n) is 7.55. The molecule has 0 amide bonds. The smallest absolute Gasteiger partial charge is 0.129 e. The quantitative estimate of drug-likeness (QED) is 0.258. The highest BCUT2D eigenvalue weighted by Gasteiger charge is 2.04. The minimum atomic E-state index is 0.349. The summed E-state index contributed by atoms with van der Waals surface area (Å²) in [6, 6.07) is 17.5. The molecule has 178 valence electrons. The van der Waals surface area contributed by atoms with Gasteiger partial charge in [-0.2, -0.15) is 0 Å². The van der Waals surface area contributed by atoms with Crippen LogP contribution in [0.4, 0.5) is 0 Å². The van der Waals surface area contributed by atoms with Crippen LogP contribution in [0.25, 0.3) is 18.2 Å². The summed E-state index contributed by atoms with van der Waals surface area (Å²) in [4.78, 5) is 4.10. The van der Waals surface area contributed by atoms with Gasteiger partial charge < -0.3 is 25.9 Å². The van der Waals surface area contributed by atoms with Crippen LogP contribution in [0.15, 0.2) is 97.1 Å². The Morgan fingerprint density at radius 3 is 2.46 bits per heavy atom. The molecule has 0 bridgehead atoms. The van der Waals surface area contributed by atoms with Gasteiger partial charge in [-0.25, -0.2) is 0 Å². The minimum Gasteiger partial charge on any atom is -0.496 e. The van der Waals surface area contributed by atoms with Crippen LogP contribution in [0.3, 0.4) is 0 Å². The van der Waals surface area contributed by atoms with Crippen molar-refractivity contribution >= 4 is 23.9 Å². The summed E-state index contributed by atoms with van der Waals surface area (Å²) in [5.41, 5.74) is 10.5. The molecule has 0 fully saturated rings. The lowest BCUT2D eigenvalue weighted by Gasteiger charge is -2.10. The van der Waals surface area contributed by atoms with E-state index in [0.717, 1.165) is 28.0 Å². The molecule has 0 unspecified atom stereocenters. The summed E-state index contributed by atoms with van der Waals surface area (Å²) in [7, 11) is 3.45. The van der Waals surface area contributed by atoms with Gasteiger partial charge in [0.15, 0.2) is 0 Å². The molecule has 2 aromatic carbocycles. The molecule has 6 heteroatoms. The molecule has 3 aromatic rings. The Balaban J connectivity index is 1.64. The van der Waals surface area contributed by atoms with Crippen LogP contribution in [0.1, 0.15) is 22.3 Å². The third-order valence-corrected chi connectivity index (χ3v) is 5.06. The van der Waals surface area contributed by atoms with Crippen molar-refractivity contribution in [3.8, 4) is 11.5 Å². The first-order chi connectivity index (χ1) is 17.1. The van der Waals surface area contributed by atoms with E-state index < -0.39 is 0 Å². The number of rotatable bonds is 11. The predicted octanol–water partition coefficient (Wildman–Crippen LogP) is 5.45. The van der Waals surface area contributed by atoms with E-state index in [0.29, 0.717) is 23.8 Å². The Morgan fingerprint density at radius 1 is 1.03 bits per heavy atom. The van der Waals surface area contributed by atoms with E-state index in [-0.39, 0.29) is 0 Å². The summed E-state index contributed by atoms with van der Waals surface area (Å²) >= 11 is 0. The zero-order valence-electron chi connectivity index (χ0n) is 19.9. The van der Waals surface area contributed by atoms with Gasteiger partial charge in [0.1, 0.15) is 18.1 Å². The van der Waals surface area contributed by atoms with Gasteiger partial charge in [-0.3, -0.25) is 4.98 Å². The van der Waals surface area contributed by atoms with Gasteiger partial charge in [-0.15, -0.1) is 0 Å². The SMILES string of the molecule is CNC(=C\C(=N)/C=C/c1ccc(OCc2cccnc2)cc1OC)/C=C/c1ccc(/C=C\N)cc1. The number of ether oxygens (including phenoxy) is 2. The average Bonchev–Trinajstić information content (AvgIpc) is 2.90. The summed E-state index contributed by atoms with van der Waals surface area (Å²) < 4.78 is 11.4. The number of nitrogens with zero attached hydrogens (tertiary/aromatic N) is 1. The monoisotopic (exact) mass is 466 g/mol. The Bertz CT molecular complexity index is 1230. The highest BCUT2D eigenvalue weighted by Crippen LogP contribution is 2.26. The first kappa shape index (κ1) is 25.1. The van der Waals surface area contributed by atoms with Crippen molar-refractivity contribution < 1.29 is 9.47 Å². The number of pyridine rings is 1. The minimum absolute atomic E-state index is 0.349. The molecule has 35 heavy (non-hydrogen) atoms. The van der Waals surface area contributed by atoms with Crippen LogP contribution in [-0.2, 0) is 6.61 Å². The molecule has 0 aliphatic heterocycles. The van der Waals surface area contributed by atoms with Crippen molar-refractivity contribution in [2.45, 2.75) is 6.61 Å². The summed E-state index contributed by atoms with van der Waals surface area (Å²) in [6.45, 7) is 0.427. The van der Waals surface area contributed by atoms with Gasteiger partial charge in [0.05, 0.1) is 12.8 Å². The lowest BCUT2D eigenvalue weighted by molar-refractivity contribution is 0.303. The zero-order chi connectivity index (χ0) is 24.9. The molecule has 1 aromatic heterocycles. The fourth-order valence-electron chi connectivity index (χ4n) is 3.18. The standard InChI is InChI=1S/C29H30N4O2/c1-32-27(13-9-22-5-7-23(8-6-22)15-16-30)18-26(31)12-10-25-11-14-28(19-29(25)34-2)35-21-24-4-3-17-33-20-24/h3-20,31-32H,21,30H2,1-2H3/b12-10+,13-9+,16-15-,27-18-,31-26?. The molecule has 0 spiro atoms. The number of nitrogens with two attached hydrogens (primary N) is 1. The van der Waals surface area contributed by atoms with Gasteiger partial charge in [0.2, 0.25) is 0 Å². The maximum Gasteiger partial charge on any atom is 0.129 e. The molecule has 4 N–H and O–H groups in total. The molecular weight excluding hydrogens is 436 g/mol. The highest BCUT2D eigenvalue weighted by molar-refractivity contribution is 6.05. The summed E-state index contributed by atoms with van der Waals surface area (Å²) in [5.74, 6) is 1.37. The van der Waals surface area contributed by atoms with Crippen LogP contribution in [0.5, 0.6) is 11.5 Å². The molecule has 6 nitrogen and oxygen atoms in total. The average molecular weight is 467 g/mol. The summed E-state index contributed by atoms with van der Waals surface area (Å²) in [6.07, 6.45) is 16.1. The summed E-state index contributed by atoms with van der Waals surface area (Å²) in [5, 5.41) is 11.4. The van der Waals surface area contributed by atoms with Crippen molar-refractivity contribution in [2.24, 2.45) is 5.73 Å². The third-order valence-electron chi connectivity index (χ3n) is 5.06. The first-order valence-electron chi connectivity index (χ1n) is 11.1. The van der Waals surface area contributed by atoms with Gasteiger partial charge >= 0.3 is 0 Å². The van der Waals surface area contributed by atoms with Crippen LogP contribution in [-0.4, -0.2) is 24.9 Å². The molecule has 0 saturated heterocycles. The number of methoxy groups -OCH3 is 1. The zero-order valence-corrected chi connectivity index (χ0v) is 19.9. The number of likely N-dealkylation sites (N-methyl/N-ethyl adjacent to an activating group) is 1. The van der Waals surface area contributed by atoms with Crippen molar-refractivity contribution in [3.05, 3.63) is 119 Å². The molecular formula is C29H30N4O2. The normalized spacial score (nSPS) is 11.9. The third kappa shape index (κ3) is 8.05. The second-order valence-corrected chi connectivity index (χ2v) is 7.55. The van der Waals surface area contributed by atoms with E-state index >= 15 is 0 Å². The van der Waals surface area contributed by atoms with Crippen molar-refractivity contribution in [1.82, 2.24) is 10.3 Å². The predicted molar refractivity (Wildman–Crippen MR) is 144 cm³/mol. The molecule has 0 aliphatic carbocycles. The maximum atomic E-state index is 8.33. The van der Waals surface area contributed by atoms with Gasteiger partial charge in [-0.1, -0.05) is 36.4 Å². The molecule has 0 saturated carbocycles. The van der Waals surface area contributed by atoms with Crippen LogP contribution in [0, 0.1) is 5.41 Å². The first-order valence-corrected chi connectivity index (χ1v) is 11.1. The second kappa shape index (κ2) is 13.2. The van der Waals surface area contributed by atoms with E-state index in [9.17, 15) is 0 Å².